The molecule has 1 spiro atoms. The first-order chi connectivity index (χ1) is 8.37. The van der Waals surface area contributed by atoms with Crippen molar-refractivity contribution in [1.29, 1.82) is 0 Å². The second kappa shape index (κ2) is 3.33. The molecule has 1 fully saturated rings. The van der Waals surface area contributed by atoms with Crippen LogP contribution >= 0.6 is 0 Å². The van der Waals surface area contributed by atoms with Crippen molar-refractivity contribution in [3.05, 3.63) is 35.3 Å². The Morgan fingerprint density at radius 1 is 1.29 bits per heavy atom. The molecule has 0 amide bonds. The van der Waals surface area contributed by atoms with Gasteiger partial charge >= 0.3 is 0 Å². The van der Waals surface area contributed by atoms with Crippen molar-refractivity contribution in [1.82, 2.24) is 5.32 Å². The van der Waals surface area contributed by atoms with E-state index in [1.807, 2.05) is 6.20 Å². The van der Waals surface area contributed by atoms with Gasteiger partial charge in [-0.15, -0.1) is 0 Å². The zero-order valence-corrected chi connectivity index (χ0v) is 9.83. The molecule has 3 heteroatoms. The molecule has 0 saturated carbocycles. The highest BCUT2D eigenvalue weighted by atomic mass is 16.5. The Morgan fingerprint density at radius 3 is 3.06 bits per heavy atom. The molecule has 1 N–H and O–H groups in total. The van der Waals surface area contributed by atoms with Crippen LogP contribution in [0.4, 0.5) is 0 Å². The monoisotopic (exact) mass is 228 g/mol. The number of hydrogen-bond donors (Lipinski definition) is 1. The van der Waals surface area contributed by atoms with E-state index in [0.717, 1.165) is 31.9 Å². The van der Waals surface area contributed by atoms with Crippen LogP contribution in [0.5, 0.6) is 0 Å². The number of rotatable bonds is 0. The van der Waals surface area contributed by atoms with E-state index >= 15 is 0 Å². The molecule has 3 aliphatic heterocycles. The average molecular weight is 228 g/mol. The van der Waals surface area contributed by atoms with Crippen LogP contribution in [0.2, 0.25) is 0 Å². The first kappa shape index (κ1) is 9.66. The fourth-order valence-corrected chi connectivity index (χ4v) is 3.37. The summed E-state index contributed by atoms with van der Waals surface area (Å²) in [6.45, 7) is 3.10. The molecule has 1 aliphatic carbocycles. The first-order valence-corrected chi connectivity index (χ1v) is 6.40. The van der Waals surface area contributed by atoms with Crippen molar-refractivity contribution in [2.75, 3.05) is 19.7 Å². The number of hydrogen-bond acceptors (Lipinski definition) is 3. The molecule has 4 rings (SSSR count). The summed E-state index contributed by atoms with van der Waals surface area (Å²) in [6, 6.07) is 0. The maximum atomic E-state index is 5.94. The van der Waals surface area contributed by atoms with Crippen LogP contribution in [-0.2, 0) is 4.74 Å². The second-order valence-electron chi connectivity index (χ2n) is 5.33. The molecule has 1 saturated heterocycles. The number of ether oxygens (including phenoxy) is 1. The smallest absolute Gasteiger partial charge is 0.120 e. The van der Waals surface area contributed by atoms with Gasteiger partial charge in [0.25, 0.3) is 0 Å². The van der Waals surface area contributed by atoms with Crippen molar-refractivity contribution in [2.45, 2.75) is 19.3 Å². The molecule has 3 heterocycles. The summed E-state index contributed by atoms with van der Waals surface area (Å²) in [4.78, 5) is 4.46. The van der Waals surface area contributed by atoms with E-state index in [1.165, 1.54) is 29.7 Å². The summed E-state index contributed by atoms with van der Waals surface area (Å²) in [5.74, 6) is 1.13. The Labute approximate surface area is 101 Å². The average Bonchev–Trinajstić information content (AvgIpc) is 2.94. The Bertz CT molecular complexity index is 490. The van der Waals surface area contributed by atoms with E-state index in [0.29, 0.717) is 5.41 Å². The number of allylic oxidation sites excluding steroid dienone is 3. The maximum Gasteiger partial charge on any atom is 0.120 e. The largest absolute Gasteiger partial charge is 0.493 e. The lowest BCUT2D eigenvalue weighted by atomic mass is 9.71. The van der Waals surface area contributed by atoms with Gasteiger partial charge in [0.2, 0.25) is 0 Å². The Kier molecular flexibility index (Phi) is 1.89. The SMILES string of the molecule is C1=CC2=CC3=C(CC2=N1)C1(CCNCC1)CO3. The highest BCUT2D eigenvalue weighted by Crippen LogP contribution is 2.48. The molecule has 0 bridgehead atoms. The van der Waals surface area contributed by atoms with Crippen molar-refractivity contribution >= 4 is 5.71 Å². The lowest BCUT2D eigenvalue weighted by Gasteiger charge is -2.35. The topological polar surface area (TPSA) is 33.6 Å². The van der Waals surface area contributed by atoms with Crippen LogP contribution in [0.1, 0.15) is 19.3 Å². The number of nitrogens with one attached hydrogen (secondary N) is 1. The third-order valence-corrected chi connectivity index (χ3v) is 4.45. The summed E-state index contributed by atoms with van der Waals surface area (Å²) in [5, 5.41) is 3.44. The number of piperidine rings is 1. The molecule has 0 unspecified atom stereocenters. The van der Waals surface area contributed by atoms with Crippen molar-refractivity contribution < 1.29 is 4.74 Å². The van der Waals surface area contributed by atoms with Gasteiger partial charge in [-0.3, -0.25) is 4.99 Å². The molecule has 4 aliphatic rings. The Morgan fingerprint density at radius 2 is 2.18 bits per heavy atom. The van der Waals surface area contributed by atoms with Crippen LogP contribution in [0.25, 0.3) is 0 Å². The van der Waals surface area contributed by atoms with E-state index in [2.05, 4.69) is 22.5 Å². The van der Waals surface area contributed by atoms with Crippen LogP contribution in [0, 0.1) is 5.41 Å². The summed E-state index contributed by atoms with van der Waals surface area (Å²) < 4.78 is 5.94. The lowest BCUT2D eigenvalue weighted by Crippen LogP contribution is -2.39. The number of aliphatic imine (C=N–C) groups is 1. The third kappa shape index (κ3) is 1.29. The van der Waals surface area contributed by atoms with E-state index in [4.69, 9.17) is 4.74 Å². The standard InChI is InChI=1S/C14H16N2O/c1-4-16-12-8-11-13(7-10(1)12)17-9-14(11)2-5-15-6-3-14/h1,4,7,15H,2-3,5-6,8-9H2. The van der Waals surface area contributed by atoms with Crippen LogP contribution in [0.15, 0.2) is 40.2 Å². The van der Waals surface area contributed by atoms with Crippen LogP contribution in [0.3, 0.4) is 0 Å². The molecule has 0 aromatic rings. The van der Waals surface area contributed by atoms with Gasteiger partial charge in [0.15, 0.2) is 0 Å². The molecule has 88 valence electrons. The van der Waals surface area contributed by atoms with Crippen molar-refractivity contribution in [2.24, 2.45) is 10.4 Å². The molecule has 3 nitrogen and oxygen atoms in total. The zero-order valence-electron chi connectivity index (χ0n) is 9.83. The summed E-state index contributed by atoms with van der Waals surface area (Å²) >= 11 is 0. The van der Waals surface area contributed by atoms with Crippen LogP contribution in [-0.4, -0.2) is 25.4 Å². The van der Waals surface area contributed by atoms with Crippen LogP contribution < -0.4 is 5.32 Å². The second-order valence-corrected chi connectivity index (χ2v) is 5.33. The van der Waals surface area contributed by atoms with E-state index in [9.17, 15) is 0 Å². The minimum atomic E-state index is 0.299. The van der Waals surface area contributed by atoms with Crippen molar-refractivity contribution in [3.63, 3.8) is 0 Å². The summed E-state index contributed by atoms with van der Waals surface area (Å²) in [5.41, 5.74) is 4.28. The predicted molar refractivity (Wildman–Crippen MR) is 66.8 cm³/mol. The fraction of sp³-hybridized carbons (Fsp3) is 0.500. The maximum absolute atomic E-state index is 5.94. The van der Waals surface area contributed by atoms with Gasteiger partial charge in [0, 0.05) is 23.6 Å². The Hall–Kier alpha value is -1.35. The van der Waals surface area contributed by atoms with Gasteiger partial charge in [-0.05, 0) is 43.7 Å². The number of nitrogens with zero attached hydrogens (tertiary/aromatic N) is 1. The van der Waals surface area contributed by atoms with Gasteiger partial charge in [0.05, 0.1) is 12.3 Å². The van der Waals surface area contributed by atoms with Gasteiger partial charge in [-0.25, -0.2) is 0 Å². The molecular formula is C14H16N2O. The quantitative estimate of drug-likeness (QED) is 0.687. The Balaban J connectivity index is 1.75. The van der Waals surface area contributed by atoms with Gasteiger partial charge in [-0.2, -0.15) is 0 Å². The lowest BCUT2D eigenvalue weighted by molar-refractivity contribution is 0.139. The molecule has 0 aromatic carbocycles. The molecule has 0 aromatic heterocycles. The third-order valence-electron chi connectivity index (χ3n) is 4.45. The zero-order chi connectivity index (χ0) is 11.3. The van der Waals surface area contributed by atoms with E-state index in [1.54, 1.807) is 0 Å². The van der Waals surface area contributed by atoms with Gasteiger partial charge in [0.1, 0.15) is 5.76 Å². The first-order valence-electron chi connectivity index (χ1n) is 6.40. The minimum absolute atomic E-state index is 0.299. The van der Waals surface area contributed by atoms with E-state index < -0.39 is 0 Å². The van der Waals surface area contributed by atoms with E-state index in [-0.39, 0.29) is 0 Å². The summed E-state index contributed by atoms with van der Waals surface area (Å²) in [6.07, 6.45) is 9.56. The van der Waals surface area contributed by atoms with Gasteiger partial charge in [-0.1, -0.05) is 0 Å². The number of fused-ring (bicyclic) bond motifs is 2. The van der Waals surface area contributed by atoms with Crippen molar-refractivity contribution in [3.8, 4) is 0 Å². The molecule has 17 heavy (non-hydrogen) atoms. The van der Waals surface area contributed by atoms with Gasteiger partial charge < -0.3 is 10.1 Å². The molecular weight excluding hydrogens is 212 g/mol. The highest BCUT2D eigenvalue weighted by molar-refractivity contribution is 6.07. The minimum Gasteiger partial charge on any atom is -0.493 e. The normalized spacial score (nSPS) is 28.7. The summed E-state index contributed by atoms with van der Waals surface area (Å²) in [7, 11) is 0. The molecule has 0 radical (unpaired) electrons. The highest BCUT2D eigenvalue weighted by Gasteiger charge is 2.44. The molecule has 0 atom stereocenters. The fourth-order valence-electron chi connectivity index (χ4n) is 3.37. The predicted octanol–water partition coefficient (Wildman–Crippen LogP) is 1.94.